The molecule has 1 aliphatic carbocycles. The average molecular weight is 271 g/mol. The van der Waals surface area contributed by atoms with E-state index >= 15 is 0 Å². The third-order valence-electron chi connectivity index (χ3n) is 2.53. The molecule has 1 fully saturated rings. The molecular weight excluding hydrogens is 260 g/mol. The van der Waals surface area contributed by atoms with Crippen LogP contribution in [0.3, 0.4) is 0 Å². The lowest BCUT2D eigenvalue weighted by molar-refractivity contribution is -0.141. The summed E-state index contributed by atoms with van der Waals surface area (Å²) >= 11 is 0. The van der Waals surface area contributed by atoms with E-state index in [1.807, 2.05) is 0 Å². The van der Waals surface area contributed by atoms with Gasteiger partial charge < -0.3 is 5.73 Å². The maximum atomic E-state index is 13.6. The Labute approximate surface area is 102 Å². The Morgan fingerprint density at radius 2 is 1.94 bits per heavy atom. The number of halogens is 5. The molecule has 2 nitrogen and oxygen atoms in total. The summed E-state index contributed by atoms with van der Waals surface area (Å²) in [6.45, 7) is -0.253. The third kappa shape index (κ3) is 2.87. The first-order chi connectivity index (χ1) is 7.43. The number of aromatic nitrogens is 1. The Hall–Kier alpha value is -0.880. The SMILES string of the molecule is Cl.NCc1cc(C(F)(F)F)nc(C2CC2)c1F. The van der Waals surface area contributed by atoms with Crippen LogP contribution in [0.1, 0.15) is 35.7 Å². The predicted molar refractivity (Wildman–Crippen MR) is 56.3 cm³/mol. The van der Waals surface area contributed by atoms with Crippen molar-refractivity contribution in [3.63, 3.8) is 0 Å². The molecule has 2 rings (SSSR count). The normalized spacial score (nSPS) is 15.6. The summed E-state index contributed by atoms with van der Waals surface area (Å²) in [5, 5.41) is 0. The lowest BCUT2D eigenvalue weighted by atomic mass is 10.1. The summed E-state index contributed by atoms with van der Waals surface area (Å²) in [6, 6.07) is 0.682. The van der Waals surface area contributed by atoms with Crippen molar-refractivity contribution in [2.24, 2.45) is 5.73 Å². The van der Waals surface area contributed by atoms with Crippen molar-refractivity contribution in [1.82, 2.24) is 4.98 Å². The topological polar surface area (TPSA) is 38.9 Å². The smallest absolute Gasteiger partial charge is 0.326 e. The molecule has 0 aromatic carbocycles. The second-order valence-corrected chi connectivity index (χ2v) is 3.84. The van der Waals surface area contributed by atoms with Gasteiger partial charge in [-0.3, -0.25) is 0 Å². The molecule has 0 amide bonds. The number of nitrogens with zero attached hydrogens (tertiary/aromatic N) is 1. The van der Waals surface area contributed by atoms with Crippen molar-refractivity contribution in [2.45, 2.75) is 31.5 Å². The maximum absolute atomic E-state index is 13.6. The monoisotopic (exact) mass is 270 g/mol. The van der Waals surface area contributed by atoms with Crippen LogP contribution in [0.15, 0.2) is 6.07 Å². The van der Waals surface area contributed by atoms with Gasteiger partial charge in [-0.2, -0.15) is 13.2 Å². The van der Waals surface area contributed by atoms with Crippen LogP contribution in [0.25, 0.3) is 0 Å². The van der Waals surface area contributed by atoms with Crippen molar-refractivity contribution in [3.8, 4) is 0 Å². The zero-order valence-electron chi connectivity index (χ0n) is 8.72. The van der Waals surface area contributed by atoms with E-state index in [0.29, 0.717) is 18.9 Å². The third-order valence-corrected chi connectivity index (χ3v) is 2.53. The van der Waals surface area contributed by atoms with Crippen LogP contribution in [0.4, 0.5) is 17.6 Å². The minimum Gasteiger partial charge on any atom is -0.326 e. The zero-order valence-corrected chi connectivity index (χ0v) is 9.54. The fraction of sp³-hybridized carbons (Fsp3) is 0.500. The number of hydrogen-bond donors (Lipinski definition) is 1. The van der Waals surface area contributed by atoms with E-state index in [1.54, 1.807) is 0 Å². The van der Waals surface area contributed by atoms with Gasteiger partial charge in [0.15, 0.2) is 0 Å². The Morgan fingerprint density at radius 1 is 1.35 bits per heavy atom. The molecule has 1 aromatic heterocycles. The minimum atomic E-state index is -4.55. The van der Waals surface area contributed by atoms with Gasteiger partial charge in [-0.1, -0.05) is 0 Å². The van der Waals surface area contributed by atoms with Gasteiger partial charge in [0, 0.05) is 18.0 Å². The predicted octanol–water partition coefficient (Wildman–Crippen LogP) is 3.00. The molecule has 0 saturated heterocycles. The van der Waals surface area contributed by atoms with E-state index in [0.717, 1.165) is 0 Å². The molecule has 0 radical (unpaired) electrons. The van der Waals surface area contributed by atoms with Crippen LogP contribution < -0.4 is 5.73 Å². The summed E-state index contributed by atoms with van der Waals surface area (Å²) in [4.78, 5) is 3.36. The summed E-state index contributed by atoms with van der Waals surface area (Å²) in [6.07, 6.45) is -3.17. The first-order valence-corrected chi connectivity index (χ1v) is 4.90. The van der Waals surface area contributed by atoms with Gasteiger partial charge in [0.2, 0.25) is 0 Å². The van der Waals surface area contributed by atoms with E-state index in [9.17, 15) is 17.6 Å². The highest BCUT2D eigenvalue weighted by molar-refractivity contribution is 5.85. The van der Waals surface area contributed by atoms with Crippen LogP contribution in [-0.2, 0) is 12.7 Å². The van der Waals surface area contributed by atoms with Gasteiger partial charge in [0.25, 0.3) is 0 Å². The zero-order chi connectivity index (χ0) is 11.9. The second kappa shape index (κ2) is 4.78. The summed E-state index contributed by atoms with van der Waals surface area (Å²) < 4.78 is 51.0. The number of rotatable bonds is 2. The Morgan fingerprint density at radius 3 is 2.35 bits per heavy atom. The van der Waals surface area contributed by atoms with Gasteiger partial charge in [-0.25, -0.2) is 9.37 Å². The Balaban J connectivity index is 0.00000144. The highest BCUT2D eigenvalue weighted by atomic mass is 35.5. The van der Waals surface area contributed by atoms with Crippen molar-refractivity contribution in [1.29, 1.82) is 0 Å². The van der Waals surface area contributed by atoms with Crippen molar-refractivity contribution < 1.29 is 17.6 Å². The van der Waals surface area contributed by atoms with Crippen LogP contribution in [-0.4, -0.2) is 4.98 Å². The quantitative estimate of drug-likeness (QED) is 0.839. The van der Waals surface area contributed by atoms with Crippen molar-refractivity contribution in [2.75, 3.05) is 0 Å². The molecule has 17 heavy (non-hydrogen) atoms. The molecule has 0 atom stereocenters. The minimum absolute atomic E-state index is 0. The van der Waals surface area contributed by atoms with E-state index in [-0.39, 0.29) is 36.1 Å². The molecule has 0 bridgehead atoms. The molecular formula is C10H11ClF4N2. The molecule has 96 valence electrons. The fourth-order valence-corrected chi connectivity index (χ4v) is 1.53. The maximum Gasteiger partial charge on any atom is 0.433 e. The van der Waals surface area contributed by atoms with Crippen LogP contribution in [0.5, 0.6) is 0 Å². The van der Waals surface area contributed by atoms with E-state index < -0.39 is 17.7 Å². The van der Waals surface area contributed by atoms with E-state index in [1.165, 1.54) is 0 Å². The van der Waals surface area contributed by atoms with Crippen molar-refractivity contribution >= 4 is 12.4 Å². The van der Waals surface area contributed by atoms with Gasteiger partial charge in [-0.05, 0) is 18.9 Å². The number of pyridine rings is 1. The van der Waals surface area contributed by atoms with Gasteiger partial charge >= 0.3 is 6.18 Å². The van der Waals surface area contributed by atoms with E-state index in [4.69, 9.17) is 5.73 Å². The Bertz CT molecular complexity index is 416. The fourth-order valence-electron chi connectivity index (χ4n) is 1.53. The van der Waals surface area contributed by atoms with Crippen LogP contribution in [0, 0.1) is 5.82 Å². The van der Waals surface area contributed by atoms with Crippen LogP contribution >= 0.6 is 12.4 Å². The molecule has 1 aromatic rings. The number of nitrogens with two attached hydrogens (primary N) is 1. The molecule has 0 unspecified atom stereocenters. The van der Waals surface area contributed by atoms with E-state index in [2.05, 4.69) is 4.98 Å². The number of hydrogen-bond acceptors (Lipinski definition) is 2. The lowest BCUT2D eigenvalue weighted by Crippen LogP contribution is -2.14. The number of alkyl halides is 3. The second-order valence-electron chi connectivity index (χ2n) is 3.84. The molecule has 0 aliphatic heterocycles. The highest BCUT2D eigenvalue weighted by Crippen LogP contribution is 2.42. The van der Waals surface area contributed by atoms with Crippen LogP contribution in [0.2, 0.25) is 0 Å². The average Bonchev–Trinajstić information content (AvgIpc) is 3.00. The van der Waals surface area contributed by atoms with Gasteiger partial charge in [0.05, 0.1) is 5.69 Å². The lowest BCUT2D eigenvalue weighted by Gasteiger charge is -2.11. The molecule has 0 spiro atoms. The largest absolute Gasteiger partial charge is 0.433 e. The molecule has 2 N–H and O–H groups in total. The first kappa shape index (κ1) is 14.2. The molecule has 1 aliphatic rings. The van der Waals surface area contributed by atoms with Crippen molar-refractivity contribution in [3.05, 3.63) is 28.8 Å². The summed E-state index contributed by atoms with van der Waals surface area (Å²) in [5.74, 6) is -0.856. The molecule has 7 heteroatoms. The molecule has 1 saturated carbocycles. The first-order valence-electron chi connectivity index (χ1n) is 4.90. The summed E-state index contributed by atoms with van der Waals surface area (Å²) in [7, 11) is 0. The molecule has 1 heterocycles. The van der Waals surface area contributed by atoms with Gasteiger partial charge in [0.1, 0.15) is 11.5 Å². The standard InChI is InChI=1S/C10H10F4N2.ClH/c11-8-6(4-15)3-7(10(12,13)14)16-9(8)5-1-2-5;/h3,5H,1-2,4,15H2;1H. The Kier molecular flexibility index (Phi) is 3.99. The van der Waals surface area contributed by atoms with Gasteiger partial charge in [-0.15, -0.1) is 12.4 Å². The summed E-state index contributed by atoms with van der Waals surface area (Å²) in [5.41, 5.74) is 3.95. The highest BCUT2D eigenvalue weighted by Gasteiger charge is 2.37.